The molecule has 3 atom stereocenters. The largest absolute Gasteiger partial charge is 0.391 e. The third-order valence-corrected chi connectivity index (χ3v) is 12.1. The first-order chi connectivity index (χ1) is 29.4. The summed E-state index contributed by atoms with van der Waals surface area (Å²) in [4.78, 5) is 61.2. The van der Waals surface area contributed by atoms with Gasteiger partial charge in [-0.3, -0.25) is 23.7 Å². The summed E-state index contributed by atoms with van der Waals surface area (Å²) in [6.07, 6.45) is 1.30. The van der Waals surface area contributed by atoms with Crippen molar-refractivity contribution in [2.45, 2.75) is 58.8 Å². The van der Waals surface area contributed by atoms with Gasteiger partial charge in [-0.25, -0.2) is 9.97 Å². The Morgan fingerprint density at radius 3 is 2.36 bits per heavy atom. The van der Waals surface area contributed by atoms with Gasteiger partial charge in [-0.1, -0.05) is 57.2 Å². The maximum atomic E-state index is 13.9. The van der Waals surface area contributed by atoms with Crippen LogP contribution in [-0.4, -0.2) is 149 Å². The molecule has 2 saturated heterocycles. The van der Waals surface area contributed by atoms with Crippen LogP contribution in [0.25, 0.3) is 27.3 Å². The second kappa shape index (κ2) is 20.2. The highest BCUT2D eigenvalue weighted by atomic mass is 32.1. The van der Waals surface area contributed by atoms with Gasteiger partial charge in [0.1, 0.15) is 24.5 Å². The molecule has 2 aliphatic heterocycles. The molecule has 0 radical (unpaired) electrons. The average Bonchev–Trinajstić information content (AvgIpc) is 3.98. The Bertz CT molecular complexity index is 2250. The van der Waals surface area contributed by atoms with Gasteiger partial charge < -0.3 is 39.8 Å². The van der Waals surface area contributed by atoms with Gasteiger partial charge in [0.05, 0.1) is 66.3 Å². The number of aliphatic hydroxyl groups excluding tert-OH is 1. The van der Waals surface area contributed by atoms with Crippen molar-refractivity contribution in [2.75, 3.05) is 83.8 Å². The number of hydrogen-bond acceptors (Lipinski definition) is 13. The molecule has 0 spiro atoms. The Hall–Kier alpha value is -5.04. The van der Waals surface area contributed by atoms with E-state index in [0.717, 1.165) is 71.3 Å². The van der Waals surface area contributed by atoms with E-state index in [-0.39, 0.29) is 45.2 Å². The van der Waals surface area contributed by atoms with Gasteiger partial charge >= 0.3 is 0 Å². The molecule has 5 aromatic rings. The molecule has 0 bridgehead atoms. The van der Waals surface area contributed by atoms with E-state index in [1.54, 1.807) is 11.3 Å². The first kappa shape index (κ1) is 44.0. The van der Waals surface area contributed by atoms with Crippen molar-refractivity contribution in [3.05, 3.63) is 77.6 Å². The Morgan fingerprint density at radius 1 is 0.918 bits per heavy atom. The van der Waals surface area contributed by atoms with Crippen LogP contribution in [0, 0.1) is 12.3 Å². The number of hydrogen-bond donors (Lipinski definition) is 3. The molecule has 0 unspecified atom stereocenters. The molecule has 3 N–H and O–H groups in total. The number of imidazole rings is 1. The molecule has 5 heterocycles. The van der Waals surface area contributed by atoms with E-state index in [1.165, 1.54) is 4.90 Å². The summed E-state index contributed by atoms with van der Waals surface area (Å²) in [6.45, 7) is 13.9. The van der Waals surface area contributed by atoms with E-state index >= 15 is 0 Å². The zero-order chi connectivity index (χ0) is 42.9. The lowest BCUT2D eigenvalue weighted by molar-refractivity contribution is -0.144. The molecular weight excluding hydrogens is 799 g/mol. The first-order valence-corrected chi connectivity index (χ1v) is 21.8. The molecule has 3 amide bonds. The van der Waals surface area contributed by atoms with Gasteiger partial charge in [0, 0.05) is 58.4 Å². The van der Waals surface area contributed by atoms with Crippen molar-refractivity contribution in [3.63, 3.8) is 0 Å². The number of β-amino-alcohol motifs (C(OH)–C–C–N with tert-alkyl or cyclic N) is 1. The molecule has 2 fully saturated rings. The Labute approximate surface area is 360 Å². The standard InChI is InChI=1S/C44H57N9O7S/c1-30-39(61-29-46-30)32-11-9-31(10-12-32)26-45-41(56)36-25-33(54)27-53(36)42(57)40(44(2,3)4)49-38(55)28-60-24-23-59-22-21-58-20-19-50-15-17-51(18-16-50)37-13-14-52-35-8-6-5-7-34(35)47-43(52)48-37/h5-14,29,33,36,40,54H,15-28H2,1-4H3,(H,45,56)(H,49,55)/t33-,36+,40-/m1/s1. The van der Waals surface area contributed by atoms with Crippen LogP contribution in [-0.2, 0) is 35.1 Å². The number of ether oxygens (including phenoxy) is 3. The highest BCUT2D eigenvalue weighted by molar-refractivity contribution is 7.13. The van der Waals surface area contributed by atoms with E-state index in [1.807, 2.05) is 86.3 Å². The normalized spacial score (nSPS) is 17.9. The lowest BCUT2D eigenvalue weighted by atomic mass is 9.85. The lowest BCUT2D eigenvalue weighted by Gasteiger charge is -2.35. The summed E-state index contributed by atoms with van der Waals surface area (Å²) in [5, 5.41) is 16.3. The first-order valence-electron chi connectivity index (χ1n) is 20.9. The van der Waals surface area contributed by atoms with E-state index in [4.69, 9.17) is 19.2 Å². The predicted octanol–water partition coefficient (Wildman–Crippen LogP) is 3.30. The van der Waals surface area contributed by atoms with Crippen LogP contribution < -0.4 is 15.5 Å². The van der Waals surface area contributed by atoms with Crippen LogP contribution >= 0.6 is 11.3 Å². The van der Waals surface area contributed by atoms with Gasteiger partial charge in [0.25, 0.3) is 0 Å². The Morgan fingerprint density at radius 2 is 1.64 bits per heavy atom. The topological polar surface area (TPSA) is 176 Å². The number of aliphatic hydroxyl groups is 1. The highest BCUT2D eigenvalue weighted by Crippen LogP contribution is 2.28. The summed E-state index contributed by atoms with van der Waals surface area (Å²) < 4.78 is 19.0. The number of fused-ring (bicyclic) bond motifs is 3. The van der Waals surface area contributed by atoms with E-state index in [9.17, 15) is 19.5 Å². The minimum Gasteiger partial charge on any atom is -0.391 e. The summed E-state index contributed by atoms with van der Waals surface area (Å²) in [6, 6.07) is 16.2. The lowest BCUT2D eigenvalue weighted by Crippen LogP contribution is -2.58. The molecular formula is C44H57N9O7S. The smallest absolute Gasteiger partial charge is 0.246 e. The maximum Gasteiger partial charge on any atom is 0.246 e. The molecule has 61 heavy (non-hydrogen) atoms. The summed E-state index contributed by atoms with van der Waals surface area (Å²) in [7, 11) is 0. The second-order valence-corrected chi connectivity index (χ2v) is 17.5. The van der Waals surface area contributed by atoms with Crippen molar-refractivity contribution in [1.29, 1.82) is 0 Å². The zero-order valence-electron chi connectivity index (χ0n) is 35.4. The van der Waals surface area contributed by atoms with Gasteiger partial charge in [-0.2, -0.15) is 4.98 Å². The minimum atomic E-state index is -0.944. The fraction of sp³-hybridized carbons (Fsp3) is 0.500. The van der Waals surface area contributed by atoms with Crippen LogP contribution in [0.5, 0.6) is 0 Å². The highest BCUT2D eigenvalue weighted by Gasteiger charge is 2.44. The number of piperazine rings is 1. The van der Waals surface area contributed by atoms with Crippen LogP contribution in [0.1, 0.15) is 38.4 Å². The second-order valence-electron chi connectivity index (χ2n) is 16.6. The number of para-hydroxylation sites is 2. The third-order valence-electron chi connectivity index (χ3n) is 11.1. The van der Waals surface area contributed by atoms with Crippen molar-refractivity contribution in [1.82, 2.24) is 39.8 Å². The van der Waals surface area contributed by atoms with Crippen LogP contribution in [0.2, 0.25) is 0 Å². The monoisotopic (exact) mass is 855 g/mol. The quantitative estimate of drug-likeness (QED) is 0.110. The van der Waals surface area contributed by atoms with Crippen molar-refractivity contribution in [2.24, 2.45) is 5.41 Å². The number of carbonyl (C=O) groups is 3. The minimum absolute atomic E-state index is 0.00190. The number of rotatable bonds is 18. The molecule has 17 heteroatoms. The number of thiazole rings is 1. The van der Waals surface area contributed by atoms with Gasteiger partial charge in [0.2, 0.25) is 23.5 Å². The van der Waals surface area contributed by atoms with Crippen LogP contribution in [0.4, 0.5) is 5.82 Å². The van der Waals surface area contributed by atoms with Crippen molar-refractivity contribution in [3.8, 4) is 10.4 Å². The number of nitrogens with one attached hydrogen (secondary N) is 2. The molecule has 16 nitrogen and oxygen atoms in total. The number of likely N-dealkylation sites (tertiary alicyclic amines) is 1. The number of benzene rings is 2. The molecule has 326 valence electrons. The fourth-order valence-electron chi connectivity index (χ4n) is 7.70. The van der Waals surface area contributed by atoms with E-state index in [0.29, 0.717) is 25.6 Å². The van der Waals surface area contributed by atoms with Crippen molar-refractivity contribution < 1.29 is 33.7 Å². The summed E-state index contributed by atoms with van der Waals surface area (Å²) in [5.74, 6) is 0.406. The van der Waals surface area contributed by atoms with E-state index < -0.39 is 35.4 Å². The summed E-state index contributed by atoms with van der Waals surface area (Å²) >= 11 is 1.58. The maximum absolute atomic E-state index is 13.9. The number of aromatic nitrogens is 4. The molecule has 2 aromatic carbocycles. The number of amides is 3. The Balaban J connectivity index is 0.755. The van der Waals surface area contributed by atoms with E-state index in [2.05, 4.69) is 42.5 Å². The SMILES string of the molecule is Cc1ncsc1-c1ccc(CNC(=O)[C@@H]2C[C@@H](O)CN2C(=O)[C@@H](NC(=O)COCCOCCOCCN2CCN(c3ccn4c(n3)nc3ccccc34)CC2)C(C)(C)C)cc1. The molecule has 2 aliphatic rings. The molecule has 0 saturated carbocycles. The van der Waals surface area contributed by atoms with Gasteiger partial charge in [-0.05, 0) is 41.7 Å². The van der Waals surface area contributed by atoms with Crippen LogP contribution in [0.15, 0.2) is 66.3 Å². The third kappa shape index (κ3) is 11.3. The number of anilines is 1. The van der Waals surface area contributed by atoms with Crippen LogP contribution in [0.3, 0.4) is 0 Å². The van der Waals surface area contributed by atoms with Gasteiger partial charge in [0.15, 0.2) is 0 Å². The Kier molecular flexibility index (Phi) is 14.6. The number of nitrogens with zero attached hydrogens (tertiary/aromatic N) is 7. The molecule has 7 rings (SSSR count). The van der Waals surface area contributed by atoms with Crippen molar-refractivity contribution >= 4 is 51.7 Å². The molecule has 0 aliphatic carbocycles. The predicted molar refractivity (Wildman–Crippen MR) is 233 cm³/mol. The number of aryl methyl sites for hydroxylation is 1. The molecule has 3 aromatic heterocycles. The van der Waals surface area contributed by atoms with Gasteiger partial charge in [-0.15, -0.1) is 11.3 Å². The fourth-order valence-corrected chi connectivity index (χ4v) is 8.51. The zero-order valence-corrected chi connectivity index (χ0v) is 36.2. The summed E-state index contributed by atoms with van der Waals surface area (Å²) in [5.41, 5.74) is 6.06. The average molecular weight is 856 g/mol. The number of carbonyl (C=O) groups excluding carboxylic acids is 3.